The Morgan fingerprint density at radius 1 is 1.15 bits per heavy atom. The summed E-state index contributed by atoms with van der Waals surface area (Å²) in [4.78, 5) is 38.3. The molecule has 3 atom stereocenters. The van der Waals surface area contributed by atoms with E-state index in [1.807, 2.05) is 30.3 Å². The molecule has 1 aliphatic carbocycles. The highest BCUT2D eigenvalue weighted by Crippen LogP contribution is 2.38. The van der Waals surface area contributed by atoms with Gasteiger partial charge in [0.15, 0.2) is 0 Å². The first-order valence-electron chi connectivity index (χ1n) is 9.24. The van der Waals surface area contributed by atoms with Crippen LogP contribution in [0.4, 0.5) is 4.79 Å². The predicted octanol–water partition coefficient (Wildman–Crippen LogP) is 2.95. The molecule has 1 amide bonds. The van der Waals surface area contributed by atoms with Crippen LogP contribution in [-0.2, 0) is 25.7 Å². The highest BCUT2D eigenvalue weighted by molar-refractivity contribution is 5.83. The molecule has 0 bridgehead atoms. The third kappa shape index (κ3) is 4.23. The molecule has 1 aromatic carbocycles. The van der Waals surface area contributed by atoms with Crippen LogP contribution in [0, 0.1) is 11.8 Å². The van der Waals surface area contributed by atoms with Gasteiger partial charge in [0.1, 0.15) is 18.4 Å². The fraction of sp³-hybridized carbons (Fsp3) is 0.550. The standard InChI is InChI=1S/C20H25NO5/c1-2-25-19(23)18-11-16-10-17(22)9-8-15(16)12-21(18)20(24)26-13-14-6-4-3-5-7-14/h3-7,15-16,18H,2,8-13H2,1H3. The van der Waals surface area contributed by atoms with Gasteiger partial charge in [-0.25, -0.2) is 9.59 Å². The molecule has 6 nitrogen and oxygen atoms in total. The fourth-order valence-corrected chi connectivity index (χ4v) is 3.92. The van der Waals surface area contributed by atoms with Crippen LogP contribution in [0.15, 0.2) is 30.3 Å². The lowest BCUT2D eigenvalue weighted by Gasteiger charge is -2.43. The molecular formula is C20H25NO5. The highest BCUT2D eigenvalue weighted by atomic mass is 16.6. The quantitative estimate of drug-likeness (QED) is 0.773. The fourth-order valence-electron chi connectivity index (χ4n) is 3.92. The first-order chi connectivity index (χ1) is 12.6. The van der Waals surface area contributed by atoms with Crippen molar-refractivity contribution in [1.82, 2.24) is 4.90 Å². The molecule has 1 heterocycles. The number of benzene rings is 1. The minimum absolute atomic E-state index is 0.142. The van der Waals surface area contributed by atoms with Gasteiger partial charge in [0, 0.05) is 19.4 Å². The Morgan fingerprint density at radius 2 is 1.92 bits per heavy atom. The molecular weight excluding hydrogens is 334 g/mol. The third-order valence-electron chi connectivity index (χ3n) is 5.28. The number of Topliss-reactive ketones (excluding diaryl/α,β-unsaturated/α-hetero) is 1. The maximum Gasteiger partial charge on any atom is 0.410 e. The molecule has 140 valence electrons. The maximum absolute atomic E-state index is 12.7. The Kier molecular flexibility index (Phi) is 5.91. The summed E-state index contributed by atoms with van der Waals surface area (Å²) in [5.41, 5.74) is 0.895. The average Bonchev–Trinajstić information content (AvgIpc) is 2.66. The van der Waals surface area contributed by atoms with Gasteiger partial charge < -0.3 is 9.47 Å². The number of fused-ring (bicyclic) bond motifs is 1. The van der Waals surface area contributed by atoms with Crippen LogP contribution >= 0.6 is 0 Å². The van der Waals surface area contributed by atoms with Crippen molar-refractivity contribution in [3.05, 3.63) is 35.9 Å². The molecule has 3 rings (SSSR count). The summed E-state index contributed by atoms with van der Waals surface area (Å²) < 4.78 is 10.6. The van der Waals surface area contributed by atoms with Crippen molar-refractivity contribution in [3.63, 3.8) is 0 Å². The van der Waals surface area contributed by atoms with Crippen LogP contribution < -0.4 is 0 Å². The maximum atomic E-state index is 12.7. The molecule has 2 fully saturated rings. The van der Waals surface area contributed by atoms with Crippen molar-refractivity contribution >= 4 is 17.8 Å². The van der Waals surface area contributed by atoms with Crippen molar-refractivity contribution in [2.75, 3.05) is 13.2 Å². The number of esters is 1. The monoisotopic (exact) mass is 359 g/mol. The molecule has 1 saturated heterocycles. The Hall–Kier alpha value is -2.37. The molecule has 0 N–H and O–H groups in total. The topological polar surface area (TPSA) is 72.9 Å². The third-order valence-corrected chi connectivity index (χ3v) is 5.28. The van der Waals surface area contributed by atoms with Crippen molar-refractivity contribution in [1.29, 1.82) is 0 Å². The van der Waals surface area contributed by atoms with E-state index in [0.29, 0.717) is 25.8 Å². The van der Waals surface area contributed by atoms with Gasteiger partial charge in [-0.2, -0.15) is 0 Å². The number of ketones is 1. The number of ether oxygens (including phenoxy) is 2. The van der Waals surface area contributed by atoms with Gasteiger partial charge in [-0.3, -0.25) is 9.69 Å². The van der Waals surface area contributed by atoms with Crippen LogP contribution in [0.2, 0.25) is 0 Å². The minimum atomic E-state index is -0.676. The van der Waals surface area contributed by atoms with E-state index in [1.54, 1.807) is 6.92 Å². The summed E-state index contributed by atoms with van der Waals surface area (Å²) >= 11 is 0. The number of carbonyl (C=O) groups excluding carboxylic acids is 3. The number of rotatable bonds is 4. The molecule has 26 heavy (non-hydrogen) atoms. The Labute approximate surface area is 153 Å². The van der Waals surface area contributed by atoms with Gasteiger partial charge in [0.2, 0.25) is 0 Å². The van der Waals surface area contributed by atoms with Crippen LogP contribution in [0.1, 0.15) is 38.2 Å². The van der Waals surface area contributed by atoms with E-state index >= 15 is 0 Å². The van der Waals surface area contributed by atoms with Crippen LogP contribution in [-0.4, -0.2) is 41.9 Å². The normalized spacial score (nSPS) is 25.3. The molecule has 6 heteroatoms. The number of amides is 1. The summed E-state index contributed by atoms with van der Waals surface area (Å²) in [5, 5.41) is 0. The number of carbonyl (C=O) groups is 3. The molecule has 1 aromatic rings. The van der Waals surface area contributed by atoms with Gasteiger partial charge in [-0.1, -0.05) is 30.3 Å². The smallest absolute Gasteiger partial charge is 0.410 e. The number of hydrogen-bond acceptors (Lipinski definition) is 5. The van der Waals surface area contributed by atoms with Crippen molar-refractivity contribution in [2.24, 2.45) is 11.8 Å². The SMILES string of the molecule is CCOC(=O)C1CC2CC(=O)CCC2CN1C(=O)OCc1ccccc1. The zero-order valence-electron chi connectivity index (χ0n) is 15.1. The second kappa shape index (κ2) is 8.34. The molecule has 0 radical (unpaired) electrons. The van der Waals surface area contributed by atoms with Crippen molar-refractivity contribution in [2.45, 2.75) is 45.3 Å². The second-order valence-electron chi connectivity index (χ2n) is 7.00. The summed E-state index contributed by atoms with van der Waals surface area (Å²) in [5.74, 6) is 0.209. The van der Waals surface area contributed by atoms with E-state index in [-0.39, 0.29) is 30.8 Å². The summed E-state index contributed by atoms with van der Waals surface area (Å²) in [6.07, 6.45) is 1.78. The minimum Gasteiger partial charge on any atom is -0.464 e. The number of nitrogens with zero attached hydrogens (tertiary/aromatic N) is 1. The highest BCUT2D eigenvalue weighted by Gasteiger charge is 2.44. The average molecular weight is 359 g/mol. The Bertz CT molecular complexity index is 659. The van der Waals surface area contributed by atoms with Gasteiger partial charge in [-0.15, -0.1) is 0 Å². The number of likely N-dealkylation sites (tertiary alicyclic amines) is 1. The van der Waals surface area contributed by atoms with Gasteiger partial charge in [-0.05, 0) is 37.2 Å². The first kappa shape index (κ1) is 18.4. The number of hydrogen-bond donors (Lipinski definition) is 0. The summed E-state index contributed by atoms with van der Waals surface area (Å²) in [6, 6.07) is 8.76. The largest absolute Gasteiger partial charge is 0.464 e. The molecule has 0 spiro atoms. The number of piperidine rings is 1. The molecule has 2 aliphatic rings. The van der Waals surface area contributed by atoms with E-state index in [2.05, 4.69) is 0 Å². The van der Waals surface area contributed by atoms with E-state index < -0.39 is 18.1 Å². The summed E-state index contributed by atoms with van der Waals surface area (Å²) in [6.45, 7) is 2.61. The molecule has 3 unspecified atom stereocenters. The van der Waals surface area contributed by atoms with E-state index in [1.165, 1.54) is 4.90 Å². The van der Waals surface area contributed by atoms with Gasteiger partial charge in [0.25, 0.3) is 0 Å². The Balaban J connectivity index is 1.69. The van der Waals surface area contributed by atoms with Crippen molar-refractivity contribution in [3.8, 4) is 0 Å². The Morgan fingerprint density at radius 3 is 2.65 bits per heavy atom. The van der Waals surface area contributed by atoms with E-state index in [9.17, 15) is 14.4 Å². The molecule has 1 saturated carbocycles. The zero-order chi connectivity index (χ0) is 18.5. The van der Waals surface area contributed by atoms with Gasteiger partial charge >= 0.3 is 12.1 Å². The molecule has 1 aliphatic heterocycles. The van der Waals surface area contributed by atoms with Gasteiger partial charge in [0.05, 0.1) is 6.61 Å². The lowest BCUT2D eigenvalue weighted by Crippen LogP contribution is -2.55. The lowest BCUT2D eigenvalue weighted by molar-refractivity contribution is -0.153. The summed E-state index contributed by atoms with van der Waals surface area (Å²) in [7, 11) is 0. The van der Waals surface area contributed by atoms with Crippen LogP contribution in [0.5, 0.6) is 0 Å². The predicted molar refractivity (Wildman–Crippen MR) is 94.2 cm³/mol. The van der Waals surface area contributed by atoms with Crippen LogP contribution in [0.3, 0.4) is 0 Å². The van der Waals surface area contributed by atoms with E-state index in [0.717, 1.165) is 12.0 Å². The lowest BCUT2D eigenvalue weighted by atomic mass is 9.72. The van der Waals surface area contributed by atoms with Crippen molar-refractivity contribution < 1.29 is 23.9 Å². The second-order valence-corrected chi connectivity index (χ2v) is 7.00. The zero-order valence-corrected chi connectivity index (χ0v) is 15.1. The molecule has 0 aromatic heterocycles. The van der Waals surface area contributed by atoms with E-state index in [4.69, 9.17) is 9.47 Å². The first-order valence-corrected chi connectivity index (χ1v) is 9.24. The van der Waals surface area contributed by atoms with Crippen LogP contribution in [0.25, 0.3) is 0 Å².